The van der Waals surface area contributed by atoms with E-state index in [1.807, 2.05) is 24.5 Å². The number of anilines is 1. The molecule has 0 fully saturated rings. The molecule has 8 nitrogen and oxygen atoms in total. The third-order valence-corrected chi connectivity index (χ3v) is 5.61. The molecule has 0 aliphatic rings. The van der Waals surface area contributed by atoms with Crippen LogP contribution in [-0.2, 0) is 10.0 Å². The highest BCUT2D eigenvalue weighted by atomic mass is 32.2. The first-order valence-corrected chi connectivity index (χ1v) is 10.8. The van der Waals surface area contributed by atoms with Crippen LogP contribution in [0.3, 0.4) is 0 Å². The second-order valence-corrected chi connectivity index (χ2v) is 8.20. The summed E-state index contributed by atoms with van der Waals surface area (Å²) < 4.78 is 76.4. The minimum Gasteiger partial charge on any atom is -0.438 e. The van der Waals surface area contributed by atoms with Crippen molar-refractivity contribution in [3.05, 3.63) is 85.2 Å². The van der Waals surface area contributed by atoms with E-state index in [0.717, 1.165) is 12.1 Å². The van der Waals surface area contributed by atoms with Gasteiger partial charge >= 0.3 is 6.36 Å². The summed E-state index contributed by atoms with van der Waals surface area (Å²) in [4.78, 5) is -0.652. The SMILES string of the molecule is O=S(=O)(Nc1ccc(Oc2ccc(-n3cccc3)nn2)cc1)c1ccccc1OC(F)(F)F. The fourth-order valence-electron chi connectivity index (χ4n) is 2.80. The molecule has 2 aromatic carbocycles. The molecule has 170 valence electrons. The van der Waals surface area contributed by atoms with Crippen molar-refractivity contribution in [2.45, 2.75) is 11.3 Å². The average molecular weight is 476 g/mol. The maximum atomic E-state index is 12.6. The predicted molar refractivity (Wildman–Crippen MR) is 112 cm³/mol. The van der Waals surface area contributed by atoms with Crippen LogP contribution in [0, 0.1) is 0 Å². The monoisotopic (exact) mass is 476 g/mol. The third-order valence-electron chi connectivity index (χ3n) is 4.19. The number of halogens is 3. The fourth-order valence-corrected chi connectivity index (χ4v) is 3.98. The van der Waals surface area contributed by atoms with E-state index < -0.39 is 27.0 Å². The number of rotatable bonds is 7. The molecule has 0 saturated heterocycles. The normalized spacial score (nSPS) is 11.7. The second-order valence-electron chi connectivity index (χ2n) is 6.55. The Balaban J connectivity index is 1.46. The molecule has 0 saturated carbocycles. The van der Waals surface area contributed by atoms with E-state index in [9.17, 15) is 21.6 Å². The summed E-state index contributed by atoms with van der Waals surface area (Å²) in [7, 11) is -4.35. The number of hydrogen-bond donors (Lipinski definition) is 1. The number of para-hydroxylation sites is 1. The molecule has 0 aliphatic carbocycles. The Hall–Kier alpha value is -4.06. The van der Waals surface area contributed by atoms with Crippen LogP contribution in [0.5, 0.6) is 17.4 Å². The van der Waals surface area contributed by atoms with Gasteiger partial charge < -0.3 is 14.0 Å². The summed E-state index contributed by atoms with van der Waals surface area (Å²) in [5.41, 5.74) is 0.109. The van der Waals surface area contributed by atoms with Crippen molar-refractivity contribution in [1.82, 2.24) is 14.8 Å². The summed E-state index contributed by atoms with van der Waals surface area (Å²) in [6.07, 6.45) is -1.40. The summed E-state index contributed by atoms with van der Waals surface area (Å²) in [5.74, 6) is 0.338. The summed E-state index contributed by atoms with van der Waals surface area (Å²) in [5, 5.41) is 8.03. The molecule has 4 aromatic rings. The number of hydrogen-bond acceptors (Lipinski definition) is 6. The lowest BCUT2D eigenvalue weighted by molar-refractivity contribution is -0.275. The fraction of sp³-hybridized carbons (Fsp3) is 0.0476. The van der Waals surface area contributed by atoms with Crippen LogP contribution in [-0.4, -0.2) is 29.5 Å². The summed E-state index contributed by atoms with van der Waals surface area (Å²) in [6.45, 7) is 0. The zero-order valence-corrected chi connectivity index (χ0v) is 17.4. The minimum absolute atomic E-state index is 0.109. The van der Waals surface area contributed by atoms with Gasteiger partial charge in [-0.3, -0.25) is 4.72 Å². The number of aromatic nitrogens is 3. The number of ether oxygens (including phenoxy) is 2. The first kappa shape index (κ1) is 22.1. The lowest BCUT2D eigenvalue weighted by atomic mass is 10.3. The number of sulfonamides is 1. The van der Waals surface area contributed by atoms with Crippen LogP contribution in [0.15, 0.2) is 90.1 Å². The molecule has 0 atom stereocenters. The summed E-state index contributed by atoms with van der Waals surface area (Å²) in [6, 6.07) is 17.2. The quantitative estimate of drug-likeness (QED) is 0.413. The van der Waals surface area contributed by atoms with E-state index in [0.29, 0.717) is 11.6 Å². The van der Waals surface area contributed by atoms with Crippen molar-refractivity contribution >= 4 is 15.7 Å². The Morgan fingerprint density at radius 3 is 2.18 bits per heavy atom. The molecule has 0 unspecified atom stereocenters. The van der Waals surface area contributed by atoms with Crippen LogP contribution < -0.4 is 14.2 Å². The van der Waals surface area contributed by atoms with Crippen molar-refractivity contribution in [3.8, 4) is 23.2 Å². The zero-order valence-electron chi connectivity index (χ0n) is 16.6. The van der Waals surface area contributed by atoms with E-state index in [1.165, 1.54) is 36.4 Å². The Morgan fingerprint density at radius 2 is 1.55 bits per heavy atom. The highest BCUT2D eigenvalue weighted by Gasteiger charge is 2.34. The maximum absolute atomic E-state index is 12.6. The molecule has 0 aliphatic heterocycles. The Bertz CT molecular complexity index is 1330. The van der Waals surface area contributed by atoms with Crippen LogP contribution in [0.2, 0.25) is 0 Å². The van der Waals surface area contributed by atoms with Gasteiger partial charge in [-0.05, 0) is 54.6 Å². The van der Waals surface area contributed by atoms with Crippen molar-refractivity contribution < 1.29 is 31.1 Å². The van der Waals surface area contributed by atoms with Crippen molar-refractivity contribution in [2.24, 2.45) is 0 Å². The van der Waals surface area contributed by atoms with Gasteiger partial charge in [0.2, 0.25) is 5.88 Å². The lowest BCUT2D eigenvalue weighted by Crippen LogP contribution is -2.20. The van der Waals surface area contributed by atoms with E-state index in [4.69, 9.17) is 4.74 Å². The van der Waals surface area contributed by atoms with Gasteiger partial charge in [0.05, 0.1) is 0 Å². The molecular weight excluding hydrogens is 461 g/mol. The van der Waals surface area contributed by atoms with Crippen LogP contribution in [0.1, 0.15) is 0 Å². The highest BCUT2D eigenvalue weighted by molar-refractivity contribution is 7.92. The molecule has 12 heteroatoms. The van der Waals surface area contributed by atoms with Crippen molar-refractivity contribution in [2.75, 3.05) is 4.72 Å². The van der Waals surface area contributed by atoms with Crippen molar-refractivity contribution in [1.29, 1.82) is 0 Å². The molecule has 0 spiro atoms. The van der Waals surface area contributed by atoms with Gasteiger partial charge in [0.25, 0.3) is 10.0 Å². The number of nitrogens with one attached hydrogen (secondary N) is 1. The Labute approximate surface area is 186 Å². The molecule has 4 rings (SSSR count). The van der Waals surface area contributed by atoms with E-state index >= 15 is 0 Å². The molecule has 2 heterocycles. The summed E-state index contributed by atoms with van der Waals surface area (Å²) >= 11 is 0. The van der Waals surface area contributed by atoms with Gasteiger partial charge in [0.1, 0.15) is 16.4 Å². The van der Waals surface area contributed by atoms with Gasteiger partial charge in [-0.2, -0.15) is 0 Å². The molecule has 0 amide bonds. The molecule has 1 N–H and O–H groups in total. The standard InChI is InChI=1S/C21H15F3N4O4S/c22-21(23,24)32-17-5-1-2-6-18(17)33(29,30)27-15-7-9-16(10-8-15)31-20-12-11-19(25-26-20)28-13-3-4-14-28/h1-14,27H. The predicted octanol–water partition coefficient (Wildman–Crippen LogP) is 4.76. The first-order chi connectivity index (χ1) is 15.7. The largest absolute Gasteiger partial charge is 0.573 e. The van der Waals surface area contributed by atoms with Gasteiger partial charge in [-0.25, -0.2) is 8.42 Å². The molecule has 2 aromatic heterocycles. The van der Waals surface area contributed by atoms with Gasteiger partial charge in [0.15, 0.2) is 5.82 Å². The zero-order chi connectivity index (χ0) is 23.5. The molecule has 0 bridgehead atoms. The third kappa shape index (κ3) is 5.60. The van der Waals surface area contributed by atoms with Crippen LogP contribution in [0.4, 0.5) is 18.9 Å². The smallest absolute Gasteiger partial charge is 0.438 e. The number of alkyl halides is 3. The maximum Gasteiger partial charge on any atom is 0.573 e. The number of nitrogens with zero attached hydrogens (tertiary/aromatic N) is 3. The number of benzene rings is 2. The van der Waals surface area contributed by atoms with Gasteiger partial charge in [-0.15, -0.1) is 23.4 Å². The van der Waals surface area contributed by atoms with Gasteiger partial charge in [0, 0.05) is 24.1 Å². The second kappa shape index (κ2) is 8.82. The minimum atomic E-state index is -5.03. The van der Waals surface area contributed by atoms with Crippen LogP contribution in [0.25, 0.3) is 5.82 Å². The van der Waals surface area contributed by atoms with Crippen molar-refractivity contribution in [3.63, 3.8) is 0 Å². The van der Waals surface area contributed by atoms with Crippen LogP contribution >= 0.6 is 0 Å². The first-order valence-electron chi connectivity index (χ1n) is 9.32. The Morgan fingerprint density at radius 1 is 0.848 bits per heavy atom. The highest BCUT2D eigenvalue weighted by Crippen LogP contribution is 2.31. The van der Waals surface area contributed by atoms with E-state index in [-0.39, 0.29) is 11.6 Å². The molecular formula is C21H15F3N4O4S. The van der Waals surface area contributed by atoms with Gasteiger partial charge in [-0.1, -0.05) is 12.1 Å². The van der Waals surface area contributed by atoms with E-state index in [1.54, 1.807) is 16.7 Å². The molecule has 0 radical (unpaired) electrons. The van der Waals surface area contributed by atoms with E-state index in [2.05, 4.69) is 19.7 Å². The molecule has 33 heavy (non-hydrogen) atoms. The average Bonchev–Trinajstić information content (AvgIpc) is 3.30. The Kier molecular flexibility index (Phi) is 5.92. The lowest BCUT2D eigenvalue weighted by Gasteiger charge is -2.14. The topological polar surface area (TPSA) is 95.3 Å².